The van der Waals surface area contributed by atoms with Crippen LogP contribution in [0.2, 0.25) is 0 Å². The summed E-state index contributed by atoms with van der Waals surface area (Å²) in [6, 6.07) is 61.4. The van der Waals surface area contributed by atoms with E-state index in [1.807, 2.05) is 167 Å². The number of ether oxygens (including phenoxy) is 1. The Kier molecular flexibility index (Phi) is 9.57. The molecule has 398 valence electrons. The largest absolute Gasteiger partial charge is 0.510 e. The maximum Gasteiger partial charge on any atom is 0.268 e. The number of furan rings is 1. The topological polar surface area (TPSA) is 49.0 Å². The second-order valence-electron chi connectivity index (χ2n) is 21.5. The summed E-state index contributed by atoms with van der Waals surface area (Å²) >= 11 is 0. The summed E-state index contributed by atoms with van der Waals surface area (Å²) in [5, 5.41) is 3.83. The second kappa shape index (κ2) is 19.7. The van der Waals surface area contributed by atoms with Crippen molar-refractivity contribution < 1.29 is 48.5 Å². The number of benzene rings is 11. The Morgan fingerprint density at radius 2 is 1.19 bits per heavy atom. The van der Waals surface area contributed by atoms with E-state index < -0.39 is 48.3 Å². The van der Waals surface area contributed by atoms with E-state index in [-0.39, 0.29) is 49.7 Å². The first-order valence-electron chi connectivity index (χ1n) is 32.0. The fourth-order valence-corrected chi connectivity index (χ4v) is 12.0. The molecule has 0 radical (unpaired) electrons. The number of pyridine rings is 1. The zero-order valence-corrected chi connectivity index (χ0v) is 47.1. The van der Waals surface area contributed by atoms with Crippen LogP contribution in [0.1, 0.15) is 40.0 Å². The van der Waals surface area contributed by atoms with Gasteiger partial charge >= 0.3 is 0 Å². The molecule has 0 saturated carbocycles. The van der Waals surface area contributed by atoms with Crippen LogP contribution < -0.4 is 9.30 Å². The Morgan fingerprint density at radius 1 is 0.506 bits per heavy atom. The van der Waals surface area contributed by atoms with Crippen LogP contribution in [0.25, 0.3) is 139 Å². The number of rotatable bonds is 7. The molecule has 16 rings (SSSR count). The molecule has 0 aliphatic carbocycles. The van der Waals surface area contributed by atoms with Crippen molar-refractivity contribution >= 4 is 54.8 Å². The van der Waals surface area contributed by atoms with Crippen LogP contribution >= 0.6 is 0 Å². The van der Waals surface area contributed by atoms with Gasteiger partial charge in [-0.15, -0.1) is 29.7 Å². The summed E-state index contributed by atoms with van der Waals surface area (Å²) < 4.78 is 110. The van der Waals surface area contributed by atoms with Crippen molar-refractivity contribution in [2.45, 2.75) is 26.2 Å². The summed E-state index contributed by atoms with van der Waals surface area (Å²) in [6.45, 7) is 6.53. The molecule has 0 N–H and O–H groups in total. The predicted octanol–water partition coefficient (Wildman–Crippen LogP) is 19.1. The molecule has 0 amide bonds. The van der Waals surface area contributed by atoms with E-state index in [1.54, 1.807) is 6.07 Å². The van der Waals surface area contributed by atoms with Gasteiger partial charge in [0.15, 0.2) is 0 Å². The minimum atomic E-state index is -0.533. The van der Waals surface area contributed by atoms with E-state index in [9.17, 15) is 5.48 Å². The Balaban J connectivity index is 0.00000716. The van der Waals surface area contributed by atoms with Crippen molar-refractivity contribution in [2.24, 2.45) is 0 Å². The van der Waals surface area contributed by atoms with Gasteiger partial charge in [0.1, 0.15) is 17.0 Å². The molecule has 83 heavy (non-hydrogen) atoms. The molecule has 7 heteroatoms. The molecule has 1 aliphatic rings. The van der Waals surface area contributed by atoms with Crippen molar-refractivity contribution in [1.29, 1.82) is 0 Å². The smallest absolute Gasteiger partial charge is 0.268 e. The van der Waals surface area contributed by atoms with Gasteiger partial charge < -0.3 is 18.3 Å². The first-order valence-corrected chi connectivity index (χ1v) is 27.0. The summed E-state index contributed by atoms with van der Waals surface area (Å²) in [6.07, 6.45) is 5.65. The van der Waals surface area contributed by atoms with Gasteiger partial charge in [-0.1, -0.05) is 196 Å². The van der Waals surface area contributed by atoms with Gasteiger partial charge in [0.25, 0.3) is 6.33 Å². The maximum atomic E-state index is 9.43. The molecule has 0 spiro atoms. The Morgan fingerprint density at radius 3 is 2.02 bits per heavy atom. The van der Waals surface area contributed by atoms with E-state index in [4.69, 9.17) is 22.4 Å². The van der Waals surface area contributed by atoms with Crippen molar-refractivity contribution in [3.63, 3.8) is 0 Å². The number of aromatic nitrogens is 4. The van der Waals surface area contributed by atoms with Crippen LogP contribution in [0, 0.1) is 18.5 Å². The van der Waals surface area contributed by atoms with Crippen LogP contribution in [0.15, 0.2) is 253 Å². The van der Waals surface area contributed by atoms with Crippen LogP contribution in [-0.4, -0.2) is 14.1 Å². The fourth-order valence-electron chi connectivity index (χ4n) is 12.0. The normalized spacial score (nSPS) is 13.6. The van der Waals surface area contributed by atoms with E-state index in [0.29, 0.717) is 84.0 Å². The monoisotopic (exact) mass is 1260 g/mol. The summed E-state index contributed by atoms with van der Waals surface area (Å²) in [5.74, 6) is 1.52. The van der Waals surface area contributed by atoms with Gasteiger partial charge in [-0.2, -0.15) is 18.2 Å². The molecule has 0 saturated heterocycles. The minimum Gasteiger partial charge on any atom is -0.510 e. The van der Waals surface area contributed by atoms with Gasteiger partial charge in [0.05, 0.1) is 30.4 Å². The number of para-hydroxylation sites is 3. The zero-order chi connectivity index (χ0) is 63.3. The third-order valence-corrected chi connectivity index (χ3v) is 15.7. The molecule has 0 fully saturated rings. The third kappa shape index (κ3) is 8.27. The molecular formula is C76H50N4O2Pt-2. The van der Waals surface area contributed by atoms with Crippen molar-refractivity contribution in [3.8, 4) is 95.5 Å². The summed E-state index contributed by atoms with van der Waals surface area (Å²) in [7, 11) is 0. The summed E-state index contributed by atoms with van der Waals surface area (Å²) in [5.41, 5.74) is 12.4. The van der Waals surface area contributed by atoms with Gasteiger partial charge in [0, 0.05) is 55.1 Å². The number of nitrogens with zero attached hydrogens (tertiary/aromatic N) is 4. The molecular weight excluding hydrogens is 1200 g/mol. The average Bonchev–Trinajstić information content (AvgIpc) is 1.61. The first-order chi connectivity index (χ1) is 44.4. The van der Waals surface area contributed by atoms with E-state index >= 15 is 0 Å². The molecule has 0 bridgehead atoms. The molecule has 0 unspecified atom stereocenters. The Bertz CT molecular complexity index is 5650. The van der Waals surface area contributed by atoms with Gasteiger partial charge in [-0.3, -0.25) is 4.57 Å². The third-order valence-electron chi connectivity index (χ3n) is 15.7. The molecule has 5 heterocycles. The molecule has 0 atom stereocenters. The minimum absolute atomic E-state index is 0. The van der Waals surface area contributed by atoms with Gasteiger partial charge in [0.2, 0.25) is 0 Å². The van der Waals surface area contributed by atoms with Crippen LogP contribution in [0.4, 0.5) is 0 Å². The zero-order valence-electron chi connectivity index (χ0n) is 54.8. The number of fused-ring (bicyclic) bond motifs is 13. The van der Waals surface area contributed by atoms with E-state index in [2.05, 4.69) is 68.1 Å². The first kappa shape index (κ1) is 40.3. The molecule has 15 aromatic rings. The predicted molar refractivity (Wildman–Crippen MR) is 332 cm³/mol. The molecule has 1 aliphatic heterocycles. The van der Waals surface area contributed by atoms with Crippen LogP contribution in [-0.2, 0) is 26.5 Å². The van der Waals surface area contributed by atoms with Crippen molar-refractivity contribution in [2.75, 3.05) is 0 Å². The molecule has 4 aromatic heterocycles. The van der Waals surface area contributed by atoms with E-state index in [1.165, 1.54) is 0 Å². The quantitative estimate of drug-likeness (QED) is 0.118. The standard InChI is InChI=1S/C76H50N4O2.Pt/c1-76(2,3)52-39-40-77-72(44-52)80-67-33-14-12-26-59(67)60-37-36-55(46-68(60)80)81-54-24-16-23-53(45-54)78-47-79-74-57(50-35-38-71-65(41-50)61-27-13-15-34-70(61)82-71)30-18-32-64(74)63-31-17-29-56(49-21-8-5-9-22-49)73(63)62-28-11-10-25-58(62)66-42-51(43-69(78)75(66)79)48-19-6-4-7-20-48;/h4-44H,1-3H3;/q-2;/i4D,5D,6D,7D,8D,9D,19D,20D,21D,22D;. The van der Waals surface area contributed by atoms with Crippen LogP contribution in [0.5, 0.6) is 11.5 Å². The Hall–Kier alpha value is -9.87. The van der Waals surface area contributed by atoms with Crippen molar-refractivity contribution in [3.05, 3.63) is 273 Å². The number of hydrogen-bond donors (Lipinski definition) is 0. The molecule has 11 aromatic carbocycles. The second-order valence-corrected chi connectivity index (χ2v) is 21.5. The fraction of sp³-hybridized carbons (Fsp3) is 0.0526. The Labute approximate surface area is 509 Å². The SMILES string of the molecule is [2H]c1c([2H])c([2H])c(-c2cc3c4c(c2)n(-c2[c-]c(Oc5[c-]c6c(cc5)c5ccccc5n6-c5cc(C(C)(C)C)ccn5)ccc2)[c-][n+]4-c2c(-c4ccc5oc6ccccc6c5c4)cccc2-c2cccc(-c4c([2H])c([2H])c([2H])c([2H])c4[2H])c2-c2ccccc2-3)c([2H])c1[2H].[Pt]. The van der Waals surface area contributed by atoms with Crippen LogP contribution in [0.3, 0.4) is 0 Å². The van der Waals surface area contributed by atoms with Crippen molar-refractivity contribution in [1.82, 2.24) is 14.1 Å². The van der Waals surface area contributed by atoms with E-state index in [0.717, 1.165) is 60.7 Å². The average molecular weight is 1260 g/mol. The molecule has 6 nitrogen and oxygen atoms in total. The van der Waals surface area contributed by atoms with Gasteiger partial charge in [-0.05, 0) is 131 Å². The number of imidazole rings is 1. The van der Waals surface area contributed by atoms with Gasteiger partial charge in [-0.25, -0.2) is 4.98 Å². The maximum absolute atomic E-state index is 9.43. The summed E-state index contributed by atoms with van der Waals surface area (Å²) in [4.78, 5) is 4.88. The number of hydrogen-bond acceptors (Lipinski definition) is 3.